The van der Waals surface area contributed by atoms with Gasteiger partial charge in [0.05, 0.1) is 10.2 Å². The van der Waals surface area contributed by atoms with Crippen LogP contribution in [0.15, 0.2) is 42.5 Å². The van der Waals surface area contributed by atoms with Gasteiger partial charge in [0.15, 0.2) is 11.7 Å². The van der Waals surface area contributed by atoms with E-state index < -0.39 is 0 Å². The van der Waals surface area contributed by atoms with Crippen LogP contribution in [0.1, 0.15) is 12.5 Å². The van der Waals surface area contributed by atoms with Gasteiger partial charge in [0.25, 0.3) is 5.91 Å². The molecule has 0 atom stereocenters. The molecule has 1 heterocycles. The molecule has 0 spiro atoms. The third-order valence-electron chi connectivity index (χ3n) is 4.33. The number of rotatable bonds is 8. The average Bonchev–Trinajstić information content (AvgIpc) is 3.10. The highest BCUT2D eigenvalue weighted by molar-refractivity contribution is 7.22. The molecule has 0 aliphatic heterocycles. The number of halogens is 1. The Morgan fingerprint density at radius 2 is 1.89 bits per heavy atom. The number of hydrogen-bond acceptors (Lipinski definition) is 5. The lowest BCUT2D eigenvalue weighted by Crippen LogP contribution is -2.39. The van der Waals surface area contributed by atoms with E-state index >= 15 is 0 Å². The summed E-state index contributed by atoms with van der Waals surface area (Å²) in [6.07, 6.45) is 0.974. The second-order valence-electron chi connectivity index (χ2n) is 6.74. The van der Waals surface area contributed by atoms with Crippen molar-refractivity contribution in [3.05, 3.63) is 53.1 Å². The van der Waals surface area contributed by atoms with Gasteiger partial charge in [-0.25, -0.2) is 4.98 Å². The number of thiazole rings is 1. The van der Waals surface area contributed by atoms with E-state index in [0.717, 1.165) is 23.2 Å². The van der Waals surface area contributed by atoms with Crippen LogP contribution in [0.25, 0.3) is 10.2 Å². The van der Waals surface area contributed by atoms with E-state index in [1.54, 1.807) is 40.5 Å². The Morgan fingerprint density at radius 3 is 2.57 bits per heavy atom. The molecule has 0 fully saturated rings. The molecule has 1 amide bonds. The van der Waals surface area contributed by atoms with E-state index in [9.17, 15) is 4.79 Å². The van der Waals surface area contributed by atoms with Gasteiger partial charge in [0, 0.05) is 18.1 Å². The lowest BCUT2D eigenvalue weighted by molar-refractivity contribution is -0.120. The van der Waals surface area contributed by atoms with Crippen LogP contribution in [0.3, 0.4) is 0 Å². The number of ether oxygens (including phenoxy) is 1. The van der Waals surface area contributed by atoms with E-state index in [2.05, 4.69) is 24.0 Å². The number of carbonyl (C=O) groups is 1. The number of likely N-dealkylation sites (N-methyl/N-ethyl adjacent to an activating group) is 1. The number of hydrogen-bond donors (Lipinski definition) is 0. The molecular formula is C21H24ClN3O2S. The molecule has 0 bridgehead atoms. The summed E-state index contributed by atoms with van der Waals surface area (Å²) in [6, 6.07) is 13.2. The zero-order chi connectivity index (χ0) is 20.1. The number of carbonyl (C=O) groups excluding carboxylic acids is 1. The summed E-state index contributed by atoms with van der Waals surface area (Å²) in [5, 5.41) is 1.34. The number of aromatic nitrogens is 1. The van der Waals surface area contributed by atoms with Crippen LogP contribution in [0.4, 0.5) is 5.13 Å². The van der Waals surface area contributed by atoms with Crippen molar-refractivity contribution < 1.29 is 9.53 Å². The van der Waals surface area contributed by atoms with Gasteiger partial charge in [-0.2, -0.15) is 0 Å². The molecule has 28 heavy (non-hydrogen) atoms. The van der Waals surface area contributed by atoms with E-state index in [0.29, 0.717) is 22.4 Å². The maximum absolute atomic E-state index is 12.9. The Labute approximate surface area is 174 Å². The van der Waals surface area contributed by atoms with Crippen molar-refractivity contribution in [2.75, 3.05) is 38.7 Å². The maximum atomic E-state index is 12.9. The molecule has 2 aromatic carbocycles. The minimum atomic E-state index is -0.119. The topological polar surface area (TPSA) is 45.7 Å². The number of fused-ring (bicyclic) bond motifs is 1. The lowest BCUT2D eigenvalue weighted by atomic mass is 10.2. The molecule has 0 radical (unpaired) electrons. The number of amides is 1. The summed E-state index contributed by atoms with van der Waals surface area (Å²) < 4.78 is 6.75. The Kier molecular flexibility index (Phi) is 6.88. The van der Waals surface area contributed by atoms with E-state index in [4.69, 9.17) is 16.3 Å². The summed E-state index contributed by atoms with van der Waals surface area (Å²) in [7, 11) is 3.97. The summed E-state index contributed by atoms with van der Waals surface area (Å²) in [5.74, 6) is 0.494. The Balaban J connectivity index is 1.79. The van der Waals surface area contributed by atoms with Gasteiger partial charge < -0.3 is 9.64 Å². The van der Waals surface area contributed by atoms with Gasteiger partial charge >= 0.3 is 0 Å². The highest BCUT2D eigenvalue weighted by Crippen LogP contribution is 2.30. The zero-order valence-electron chi connectivity index (χ0n) is 16.3. The minimum Gasteiger partial charge on any atom is -0.484 e. The van der Waals surface area contributed by atoms with Gasteiger partial charge in [-0.3, -0.25) is 9.69 Å². The average molecular weight is 418 g/mol. The zero-order valence-corrected chi connectivity index (χ0v) is 17.9. The van der Waals surface area contributed by atoms with E-state index in [1.165, 1.54) is 5.56 Å². The first-order chi connectivity index (χ1) is 13.5. The van der Waals surface area contributed by atoms with Crippen molar-refractivity contribution in [1.82, 2.24) is 9.88 Å². The van der Waals surface area contributed by atoms with Crippen LogP contribution in [0, 0.1) is 0 Å². The van der Waals surface area contributed by atoms with Crippen molar-refractivity contribution >= 4 is 44.2 Å². The largest absolute Gasteiger partial charge is 0.484 e. The predicted octanol–water partition coefficient (Wildman–Crippen LogP) is 4.49. The van der Waals surface area contributed by atoms with Crippen molar-refractivity contribution in [1.29, 1.82) is 0 Å². The molecule has 0 saturated heterocycles. The Hall–Kier alpha value is -2.15. The number of anilines is 1. The smallest absolute Gasteiger partial charge is 0.266 e. The highest BCUT2D eigenvalue weighted by Gasteiger charge is 2.20. The Bertz CT molecular complexity index is 940. The molecule has 7 heteroatoms. The molecule has 5 nitrogen and oxygen atoms in total. The minimum absolute atomic E-state index is 0.0504. The van der Waals surface area contributed by atoms with E-state index in [1.807, 2.05) is 25.1 Å². The normalized spacial score (nSPS) is 11.2. The van der Waals surface area contributed by atoms with Gasteiger partial charge in [0.1, 0.15) is 5.75 Å². The monoisotopic (exact) mass is 417 g/mol. The van der Waals surface area contributed by atoms with Crippen molar-refractivity contribution in [2.24, 2.45) is 0 Å². The van der Waals surface area contributed by atoms with Crippen LogP contribution in [0.5, 0.6) is 5.75 Å². The fourth-order valence-electron chi connectivity index (χ4n) is 2.67. The SMILES string of the molecule is CCc1ccc2nc(N(CCN(C)C)C(=O)COc3ccc(Cl)cc3)sc2c1. The molecule has 3 aromatic rings. The maximum Gasteiger partial charge on any atom is 0.266 e. The summed E-state index contributed by atoms with van der Waals surface area (Å²) >= 11 is 7.43. The van der Waals surface area contributed by atoms with Gasteiger partial charge in [-0.1, -0.05) is 35.9 Å². The molecule has 0 saturated carbocycles. The lowest BCUT2D eigenvalue weighted by Gasteiger charge is -2.22. The number of benzene rings is 2. The number of nitrogens with zero attached hydrogens (tertiary/aromatic N) is 3. The van der Waals surface area contributed by atoms with Gasteiger partial charge in [-0.15, -0.1) is 0 Å². The molecule has 0 aliphatic carbocycles. The molecule has 0 N–H and O–H groups in total. The van der Waals surface area contributed by atoms with Crippen LogP contribution in [0.2, 0.25) is 5.02 Å². The predicted molar refractivity (Wildman–Crippen MR) is 117 cm³/mol. The fraction of sp³-hybridized carbons (Fsp3) is 0.333. The standard InChI is InChI=1S/C21H24ClN3O2S/c1-4-15-5-10-18-19(13-15)28-21(23-18)25(12-11-24(2)3)20(26)14-27-17-8-6-16(22)7-9-17/h5-10,13H,4,11-12,14H2,1-3H3. The van der Waals surface area contributed by atoms with Crippen molar-refractivity contribution in [2.45, 2.75) is 13.3 Å². The molecule has 1 aromatic heterocycles. The molecule has 3 rings (SSSR count). The van der Waals surface area contributed by atoms with Crippen LogP contribution < -0.4 is 9.64 Å². The first-order valence-electron chi connectivity index (χ1n) is 9.19. The second-order valence-corrected chi connectivity index (χ2v) is 8.19. The second kappa shape index (κ2) is 9.37. The molecule has 0 aliphatic rings. The first-order valence-corrected chi connectivity index (χ1v) is 10.4. The summed E-state index contributed by atoms with van der Waals surface area (Å²) in [4.78, 5) is 21.4. The summed E-state index contributed by atoms with van der Waals surface area (Å²) in [5.41, 5.74) is 2.18. The van der Waals surface area contributed by atoms with Crippen molar-refractivity contribution in [3.8, 4) is 5.75 Å². The van der Waals surface area contributed by atoms with E-state index in [-0.39, 0.29) is 12.5 Å². The third-order valence-corrected chi connectivity index (χ3v) is 5.62. The molecular weight excluding hydrogens is 394 g/mol. The summed E-state index contributed by atoms with van der Waals surface area (Å²) in [6.45, 7) is 3.37. The quantitative estimate of drug-likeness (QED) is 0.542. The molecule has 0 unspecified atom stereocenters. The fourth-order valence-corrected chi connectivity index (χ4v) is 3.87. The van der Waals surface area contributed by atoms with Crippen LogP contribution >= 0.6 is 22.9 Å². The third kappa shape index (κ3) is 5.22. The van der Waals surface area contributed by atoms with Crippen molar-refractivity contribution in [3.63, 3.8) is 0 Å². The van der Waals surface area contributed by atoms with Crippen LogP contribution in [-0.4, -0.2) is 49.6 Å². The number of aryl methyl sites for hydroxylation is 1. The molecule has 148 valence electrons. The van der Waals surface area contributed by atoms with Gasteiger partial charge in [0.2, 0.25) is 0 Å². The highest BCUT2D eigenvalue weighted by atomic mass is 35.5. The first kappa shape index (κ1) is 20.6. The van der Waals surface area contributed by atoms with Gasteiger partial charge in [-0.05, 0) is 62.5 Å². The Morgan fingerprint density at radius 1 is 1.14 bits per heavy atom. The van der Waals surface area contributed by atoms with Crippen LogP contribution in [-0.2, 0) is 11.2 Å².